The van der Waals surface area contributed by atoms with Crippen LogP contribution in [-0.2, 0) is 16.1 Å². The van der Waals surface area contributed by atoms with Crippen LogP contribution in [0, 0.1) is 0 Å². The Labute approximate surface area is 121 Å². The van der Waals surface area contributed by atoms with Gasteiger partial charge < -0.3 is 14.8 Å². The van der Waals surface area contributed by atoms with Crippen molar-refractivity contribution in [3.05, 3.63) is 35.4 Å². The largest absolute Gasteiger partial charge is 0.411 e. The van der Waals surface area contributed by atoms with Crippen LogP contribution in [0.1, 0.15) is 22.3 Å². The van der Waals surface area contributed by atoms with Gasteiger partial charge in [0.25, 0.3) is 5.91 Å². The third-order valence-electron chi connectivity index (χ3n) is 2.54. The van der Waals surface area contributed by atoms with Crippen molar-refractivity contribution in [2.24, 2.45) is 0 Å². The molecule has 0 aliphatic heterocycles. The van der Waals surface area contributed by atoms with Crippen LogP contribution in [0.2, 0.25) is 0 Å². The predicted molar refractivity (Wildman–Crippen MR) is 71.0 cm³/mol. The minimum Gasteiger partial charge on any atom is -0.380 e. The van der Waals surface area contributed by atoms with E-state index in [0.29, 0.717) is 18.6 Å². The summed E-state index contributed by atoms with van der Waals surface area (Å²) in [6, 6.07) is 6.91. The topological polar surface area (TPSA) is 47.6 Å². The highest BCUT2D eigenvalue weighted by Crippen LogP contribution is 2.14. The van der Waals surface area contributed by atoms with E-state index < -0.39 is 12.8 Å². The molecule has 1 aromatic carbocycles. The van der Waals surface area contributed by atoms with Crippen LogP contribution < -0.4 is 5.32 Å². The second kappa shape index (κ2) is 8.63. The average Bonchev–Trinajstić information content (AvgIpc) is 2.42. The number of amides is 1. The molecule has 7 heteroatoms. The van der Waals surface area contributed by atoms with E-state index in [4.69, 9.17) is 4.74 Å². The number of ether oxygens (including phenoxy) is 2. The van der Waals surface area contributed by atoms with Gasteiger partial charge in [0.05, 0.1) is 6.61 Å². The number of methoxy groups -OCH3 is 1. The fourth-order valence-corrected chi connectivity index (χ4v) is 1.59. The van der Waals surface area contributed by atoms with Crippen molar-refractivity contribution in [2.45, 2.75) is 19.2 Å². The van der Waals surface area contributed by atoms with Gasteiger partial charge in [0.15, 0.2) is 0 Å². The summed E-state index contributed by atoms with van der Waals surface area (Å²) in [5.74, 6) is -0.269. The van der Waals surface area contributed by atoms with Crippen LogP contribution in [0.25, 0.3) is 0 Å². The molecule has 1 amide bonds. The molecule has 0 aromatic heterocycles. The van der Waals surface area contributed by atoms with Crippen molar-refractivity contribution in [1.82, 2.24) is 5.32 Å². The second-order valence-corrected chi connectivity index (χ2v) is 4.41. The number of carbonyl (C=O) groups is 1. The van der Waals surface area contributed by atoms with Gasteiger partial charge in [-0.3, -0.25) is 4.79 Å². The van der Waals surface area contributed by atoms with Crippen molar-refractivity contribution in [3.8, 4) is 0 Å². The molecule has 0 radical (unpaired) electrons. The number of rotatable bonds is 8. The summed E-state index contributed by atoms with van der Waals surface area (Å²) in [4.78, 5) is 11.7. The number of nitrogens with one attached hydrogen (secondary N) is 1. The van der Waals surface area contributed by atoms with Gasteiger partial charge in [-0.15, -0.1) is 0 Å². The lowest BCUT2D eigenvalue weighted by atomic mass is 10.1. The Morgan fingerprint density at radius 1 is 1.24 bits per heavy atom. The van der Waals surface area contributed by atoms with E-state index in [0.717, 1.165) is 5.56 Å². The molecule has 0 aliphatic rings. The van der Waals surface area contributed by atoms with Gasteiger partial charge >= 0.3 is 6.18 Å². The molecule has 0 bridgehead atoms. The smallest absolute Gasteiger partial charge is 0.380 e. The molecule has 1 aromatic rings. The van der Waals surface area contributed by atoms with Gasteiger partial charge in [-0.1, -0.05) is 12.1 Å². The number of halogens is 3. The van der Waals surface area contributed by atoms with E-state index in [9.17, 15) is 18.0 Å². The first-order valence-corrected chi connectivity index (χ1v) is 6.43. The molecule has 0 unspecified atom stereocenters. The third kappa shape index (κ3) is 7.67. The lowest BCUT2D eigenvalue weighted by Gasteiger charge is -2.08. The van der Waals surface area contributed by atoms with Crippen molar-refractivity contribution >= 4 is 5.91 Å². The van der Waals surface area contributed by atoms with Crippen LogP contribution in [0.4, 0.5) is 13.2 Å². The minimum absolute atomic E-state index is 0.0490. The maximum absolute atomic E-state index is 11.8. The SMILES string of the molecule is COCc1ccc(C(=O)NCCCOCC(F)(F)F)cc1. The van der Waals surface area contributed by atoms with E-state index in [2.05, 4.69) is 10.1 Å². The standard InChI is InChI=1S/C14H18F3NO3/c1-20-9-11-3-5-12(6-4-11)13(19)18-7-2-8-21-10-14(15,16)17/h3-6H,2,7-10H2,1H3,(H,18,19). The minimum atomic E-state index is -4.31. The highest BCUT2D eigenvalue weighted by atomic mass is 19.4. The summed E-state index contributed by atoms with van der Waals surface area (Å²) in [5.41, 5.74) is 1.45. The monoisotopic (exact) mass is 305 g/mol. The van der Waals surface area contributed by atoms with Gasteiger partial charge in [0.2, 0.25) is 0 Å². The molecule has 118 valence electrons. The predicted octanol–water partition coefficient (Wildman–Crippen LogP) is 2.53. The summed E-state index contributed by atoms with van der Waals surface area (Å²) < 4.78 is 44.8. The van der Waals surface area contributed by atoms with Crippen LogP contribution in [0.3, 0.4) is 0 Å². The van der Waals surface area contributed by atoms with Gasteiger partial charge in [-0.2, -0.15) is 13.2 Å². The van der Waals surface area contributed by atoms with Crippen LogP contribution in [-0.4, -0.2) is 39.0 Å². The molecule has 0 spiro atoms. The van der Waals surface area contributed by atoms with Crippen molar-refractivity contribution in [2.75, 3.05) is 26.9 Å². The van der Waals surface area contributed by atoms with Gasteiger partial charge in [0, 0.05) is 25.8 Å². The van der Waals surface area contributed by atoms with E-state index in [1.54, 1.807) is 31.4 Å². The normalized spacial score (nSPS) is 11.4. The highest BCUT2D eigenvalue weighted by Gasteiger charge is 2.27. The summed E-state index contributed by atoms with van der Waals surface area (Å²) in [6.07, 6.45) is -3.99. The van der Waals surface area contributed by atoms with Crippen molar-refractivity contribution in [3.63, 3.8) is 0 Å². The van der Waals surface area contributed by atoms with Crippen LogP contribution >= 0.6 is 0 Å². The molecule has 0 aliphatic carbocycles. The first kappa shape index (κ1) is 17.5. The van der Waals surface area contributed by atoms with Gasteiger partial charge in [0.1, 0.15) is 6.61 Å². The zero-order valence-electron chi connectivity index (χ0n) is 11.7. The summed E-state index contributed by atoms with van der Waals surface area (Å²) >= 11 is 0. The van der Waals surface area contributed by atoms with Crippen molar-refractivity contribution < 1.29 is 27.4 Å². The maximum atomic E-state index is 11.8. The molecule has 0 fully saturated rings. The van der Waals surface area contributed by atoms with Crippen molar-refractivity contribution in [1.29, 1.82) is 0 Å². The molecular weight excluding hydrogens is 287 g/mol. The molecule has 0 heterocycles. The molecule has 1 N–H and O–H groups in total. The number of hydrogen-bond acceptors (Lipinski definition) is 3. The fourth-order valence-electron chi connectivity index (χ4n) is 1.59. The van der Waals surface area contributed by atoms with E-state index in [1.807, 2.05) is 0 Å². The molecule has 1 rings (SSSR count). The lowest BCUT2D eigenvalue weighted by Crippen LogP contribution is -2.26. The first-order valence-electron chi connectivity index (χ1n) is 6.43. The Kier molecular flexibility index (Phi) is 7.18. The Balaban J connectivity index is 2.21. The van der Waals surface area contributed by atoms with Crippen LogP contribution in [0.15, 0.2) is 24.3 Å². The third-order valence-corrected chi connectivity index (χ3v) is 2.54. The number of benzene rings is 1. The van der Waals surface area contributed by atoms with E-state index in [-0.39, 0.29) is 19.1 Å². The quantitative estimate of drug-likeness (QED) is 0.751. The zero-order chi connectivity index (χ0) is 15.7. The maximum Gasteiger partial charge on any atom is 0.411 e. The summed E-state index contributed by atoms with van der Waals surface area (Å²) in [6.45, 7) is -0.580. The molecule has 4 nitrogen and oxygen atoms in total. The van der Waals surface area contributed by atoms with E-state index >= 15 is 0 Å². The van der Waals surface area contributed by atoms with Gasteiger partial charge in [-0.05, 0) is 24.1 Å². The summed E-state index contributed by atoms with van der Waals surface area (Å²) in [7, 11) is 1.58. The molecule has 0 atom stereocenters. The Morgan fingerprint density at radius 3 is 2.48 bits per heavy atom. The summed E-state index contributed by atoms with van der Waals surface area (Å²) in [5, 5.41) is 2.62. The average molecular weight is 305 g/mol. The molecule has 0 saturated heterocycles. The number of hydrogen-bond donors (Lipinski definition) is 1. The Bertz CT molecular complexity index is 432. The first-order chi connectivity index (χ1) is 9.92. The lowest BCUT2D eigenvalue weighted by molar-refractivity contribution is -0.173. The zero-order valence-corrected chi connectivity index (χ0v) is 11.7. The highest BCUT2D eigenvalue weighted by molar-refractivity contribution is 5.94. The number of alkyl halides is 3. The van der Waals surface area contributed by atoms with E-state index in [1.165, 1.54) is 0 Å². The molecule has 21 heavy (non-hydrogen) atoms. The Hall–Kier alpha value is -1.60. The Morgan fingerprint density at radius 2 is 1.90 bits per heavy atom. The number of carbonyl (C=O) groups excluding carboxylic acids is 1. The molecular formula is C14H18F3NO3. The second-order valence-electron chi connectivity index (χ2n) is 4.41. The van der Waals surface area contributed by atoms with Crippen LogP contribution in [0.5, 0.6) is 0 Å². The molecule has 0 saturated carbocycles. The fraction of sp³-hybridized carbons (Fsp3) is 0.500. The van der Waals surface area contributed by atoms with Gasteiger partial charge in [-0.25, -0.2) is 0 Å².